The predicted molar refractivity (Wildman–Crippen MR) is 75.6 cm³/mol. The molecule has 4 atom stereocenters. The Labute approximate surface area is 120 Å². The molecule has 0 aliphatic heterocycles. The highest BCUT2D eigenvalue weighted by Crippen LogP contribution is 2.48. The average molecular weight is 292 g/mol. The van der Waals surface area contributed by atoms with Gasteiger partial charge in [-0.2, -0.15) is 0 Å². The van der Waals surface area contributed by atoms with Crippen LogP contribution in [-0.2, 0) is 9.59 Å². The first-order valence-corrected chi connectivity index (χ1v) is 7.45. The number of hydrogen-bond donors (Lipinski definition) is 2. The molecular formula is C14H16N2O3S. The van der Waals surface area contributed by atoms with E-state index in [1.54, 1.807) is 0 Å². The van der Waals surface area contributed by atoms with Crippen LogP contribution in [0.25, 0.3) is 0 Å². The minimum atomic E-state index is -0.881. The third kappa shape index (κ3) is 2.04. The van der Waals surface area contributed by atoms with Crippen LogP contribution < -0.4 is 5.32 Å². The van der Waals surface area contributed by atoms with Gasteiger partial charge in [-0.1, -0.05) is 12.2 Å². The van der Waals surface area contributed by atoms with Crippen molar-refractivity contribution in [3.63, 3.8) is 0 Å². The molecule has 106 valence electrons. The Bertz CT molecular complexity index is 588. The zero-order valence-corrected chi connectivity index (χ0v) is 12.1. The number of aryl methyl sites for hydroxylation is 2. The maximum atomic E-state index is 12.4. The van der Waals surface area contributed by atoms with E-state index in [2.05, 4.69) is 10.3 Å². The van der Waals surface area contributed by atoms with Crippen LogP contribution in [0, 0.1) is 37.5 Å². The number of anilines is 1. The number of nitrogens with one attached hydrogen (secondary N) is 1. The molecule has 4 unspecified atom stereocenters. The molecule has 0 saturated heterocycles. The highest BCUT2D eigenvalue weighted by Gasteiger charge is 2.51. The molecule has 2 bridgehead atoms. The summed E-state index contributed by atoms with van der Waals surface area (Å²) in [6, 6.07) is 0. The van der Waals surface area contributed by atoms with Crippen LogP contribution in [0.2, 0.25) is 0 Å². The Morgan fingerprint density at radius 2 is 1.95 bits per heavy atom. The van der Waals surface area contributed by atoms with E-state index in [-0.39, 0.29) is 17.7 Å². The minimum Gasteiger partial charge on any atom is -0.481 e. The van der Waals surface area contributed by atoms with Crippen molar-refractivity contribution < 1.29 is 14.7 Å². The van der Waals surface area contributed by atoms with Gasteiger partial charge >= 0.3 is 5.97 Å². The standard InChI is InChI=1S/C14H16N2O3S/c1-6-7(2)20-14(15-6)16-12(17)10-8-3-4-9(5-8)11(10)13(18)19/h3-4,8-11H,5H2,1-2H3,(H,18,19)(H,15,16,17). The first-order chi connectivity index (χ1) is 9.47. The van der Waals surface area contributed by atoms with Crippen molar-refractivity contribution in [3.8, 4) is 0 Å². The van der Waals surface area contributed by atoms with Crippen LogP contribution in [0.3, 0.4) is 0 Å². The molecule has 5 nitrogen and oxygen atoms in total. The Morgan fingerprint density at radius 3 is 2.50 bits per heavy atom. The van der Waals surface area contributed by atoms with Gasteiger partial charge in [0.25, 0.3) is 0 Å². The zero-order chi connectivity index (χ0) is 14.4. The van der Waals surface area contributed by atoms with Gasteiger partial charge in [-0.25, -0.2) is 4.98 Å². The molecule has 1 heterocycles. The number of rotatable bonds is 3. The van der Waals surface area contributed by atoms with Gasteiger partial charge in [-0.15, -0.1) is 11.3 Å². The normalized spacial score (nSPS) is 30.7. The fourth-order valence-electron chi connectivity index (χ4n) is 3.23. The summed E-state index contributed by atoms with van der Waals surface area (Å²) in [6.45, 7) is 3.84. The fourth-order valence-corrected chi connectivity index (χ4v) is 4.05. The zero-order valence-electron chi connectivity index (χ0n) is 11.3. The number of fused-ring (bicyclic) bond motifs is 2. The van der Waals surface area contributed by atoms with Crippen LogP contribution >= 0.6 is 11.3 Å². The van der Waals surface area contributed by atoms with E-state index in [0.717, 1.165) is 17.0 Å². The molecule has 20 heavy (non-hydrogen) atoms. The minimum absolute atomic E-state index is 0.00647. The van der Waals surface area contributed by atoms with Crippen LogP contribution in [0.15, 0.2) is 12.2 Å². The molecule has 0 aromatic carbocycles. The Kier molecular flexibility index (Phi) is 3.12. The van der Waals surface area contributed by atoms with E-state index < -0.39 is 17.8 Å². The van der Waals surface area contributed by atoms with Gasteiger partial charge in [0.1, 0.15) is 0 Å². The van der Waals surface area contributed by atoms with E-state index in [9.17, 15) is 14.7 Å². The van der Waals surface area contributed by atoms with Crippen LogP contribution in [0.4, 0.5) is 5.13 Å². The maximum Gasteiger partial charge on any atom is 0.307 e. The van der Waals surface area contributed by atoms with Crippen molar-refractivity contribution in [1.29, 1.82) is 0 Å². The van der Waals surface area contributed by atoms with Gasteiger partial charge in [-0.05, 0) is 32.1 Å². The average Bonchev–Trinajstić information content (AvgIpc) is 3.04. The van der Waals surface area contributed by atoms with E-state index in [1.807, 2.05) is 26.0 Å². The first kappa shape index (κ1) is 13.3. The molecule has 1 saturated carbocycles. The number of carbonyl (C=O) groups is 2. The third-order valence-corrected chi connectivity index (χ3v) is 5.29. The molecule has 2 aliphatic rings. The fraction of sp³-hybridized carbons (Fsp3) is 0.500. The van der Waals surface area contributed by atoms with Crippen LogP contribution in [0.5, 0.6) is 0 Å². The summed E-state index contributed by atoms with van der Waals surface area (Å²) >= 11 is 1.42. The van der Waals surface area contributed by atoms with Crippen molar-refractivity contribution in [2.24, 2.45) is 23.7 Å². The van der Waals surface area contributed by atoms with E-state index in [0.29, 0.717) is 5.13 Å². The smallest absolute Gasteiger partial charge is 0.307 e. The summed E-state index contributed by atoms with van der Waals surface area (Å²) in [6.07, 6.45) is 4.68. The number of carboxylic acids is 1. The number of carboxylic acid groups (broad SMARTS) is 1. The molecule has 1 amide bonds. The van der Waals surface area contributed by atoms with Crippen LogP contribution in [0.1, 0.15) is 17.0 Å². The first-order valence-electron chi connectivity index (χ1n) is 6.63. The number of hydrogen-bond acceptors (Lipinski definition) is 4. The van der Waals surface area contributed by atoms with Crippen LogP contribution in [-0.4, -0.2) is 22.0 Å². The molecule has 0 radical (unpaired) electrons. The van der Waals surface area contributed by atoms with Gasteiger partial charge in [0, 0.05) is 4.88 Å². The lowest BCUT2D eigenvalue weighted by atomic mass is 9.82. The number of nitrogens with zero attached hydrogens (tertiary/aromatic N) is 1. The Morgan fingerprint density at radius 1 is 1.30 bits per heavy atom. The lowest BCUT2D eigenvalue weighted by molar-refractivity contribution is -0.146. The summed E-state index contributed by atoms with van der Waals surface area (Å²) in [4.78, 5) is 29.1. The van der Waals surface area contributed by atoms with E-state index >= 15 is 0 Å². The summed E-state index contributed by atoms with van der Waals surface area (Å²) in [5.74, 6) is -2.15. The second-order valence-electron chi connectivity index (χ2n) is 5.49. The van der Waals surface area contributed by atoms with Gasteiger partial charge in [0.2, 0.25) is 5.91 Å². The van der Waals surface area contributed by atoms with E-state index in [1.165, 1.54) is 11.3 Å². The number of aliphatic carboxylic acids is 1. The van der Waals surface area contributed by atoms with Crippen molar-refractivity contribution >= 4 is 28.3 Å². The highest BCUT2D eigenvalue weighted by atomic mass is 32.1. The van der Waals surface area contributed by atoms with Gasteiger partial charge in [0.05, 0.1) is 17.5 Å². The number of thiazole rings is 1. The quantitative estimate of drug-likeness (QED) is 0.837. The second kappa shape index (κ2) is 4.70. The molecule has 3 rings (SSSR count). The molecule has 0 spiro atoms. The molecule has 2 N–H and O–H groups in total. The lowest BCUT2D eigenvalue weighted by Crippen LogP contribution is -2.36. The summed E-state index contributed by atoms with van der Waals surface area (Å²) in [5, 5.41) is 12.7. The van der Waals surface area contributed by atoms with Crippen molar-refractivity contribution in [2.45, 2.75) is 20.3 Å². The Balaban J connectivity index is 1.79. The molecular weight excluding hydrogens is 276 g/mol. The summed E-state index contributed by atoms with van der Waals surface area (Å²) in [7, 11) is 0. The maximum absolute atomic E-state index is 12.4. The molecule has 6 heteroatoms. The monoisotopic (exact) mass is 292 g/mol. The second-order valence-corrected chi connectivity index (χ2v) is 6.69. The molecule has 2 aliphatic carbocycles. The molecule has 1 aromatic rings. The van der Waals surface area contributed by atoms with Gasteiger partial charge < -0.3 is 10.4 Å². The molecule has 1 aromatic heterocycles. The number of amides is 1. The summed E-state index contributed by atoms with van der Waals surface area (Å²) in [5.41, 5.74) is 0.896. The number of aromatic nitrogens is 1. The lowest BCUT2D eigenvalue weighted by Gasteiger charge is -2.23. The van der Waals surface area contributed by atoms with Gasteiger partial charge in [0.15, 0.2) is 5.13 Å². The summed E-state index contributed by atoms with van der Waals surface area (Å²) < 4.78 is 0. The van der Waals surface area contributed by atoms with Gasteiger partial charge in [-0.3, -0.25) is 9.59 Å². The predicted octanol–water partition coefficient (Wildman–Crippen LogP) is 2.22. The topological polar surface area (TPSA) is 79.3 Å². The molecule has 1 fully saturated rings. The van der Waals surface area contributed by atoms with Crippen molar-refractivity contribution in [2.75, 3.05) is 5.32 Å². The van der Waals surface area contributed by atoms with Crippen molar-refractivity contribution in [1.82, 2.24) is 4.98 Å². The van der Waals surface area contributed by atoms with Crippen molar-refractivity contribution in [3.05, 3.63) is 22.7 Å². The SMILES string of the molecule is Cc1nc(NC(=O)C2C3C=CC(C3)C2C(=O)O)sc1C. The Hall–Kier alpha value is -1.69. The largest absolute Gasteiger partial charge is 0.481 e. The number of carbonyl (C=O) groups excluding carboxylic acids is 1. The third-order valence-electron chi connectivity index (χ3n) is 4.31. The number of allylic oxidation sites excluding steroid dienone is 2. The van der Waals surface area contributed by atoms with E-state index in [4.69, 9.17) is 0 Å². The highest BCUT2D eigenvalue weighted by molar-refractivity contribution is 7.15.